The molecule has 0 saturated carbocycles. The third-order valence-electron chi connectivity index (χ3n) is 3.79. The van der Waals surface area contributed by atoms with Crippen molar-refractivity contribution in [1.29, 1.82) is 0 Å². The first kappa shape index (κ1) is 14.0. The number of hydrogen-bond acceptors (Lipinski definition) is 3. The first-order valence-corrected chi connectivity index (χ1v) is 6.89. The van der Waals surface area contributed by atoms with Crippen molar-refractivity contribution in [3.8, 4) is 0 Å². The van der Waals surface area contributed by atoms with Gasteiger partial charge in [-0.05, 0) is 30.5 Å². The SMILES string of the molecule is CC(CCCN)C(=O)N[C@H]1c2ccccc2C[C@H]1O. The van der Waals surface area contributed by atoms with E-state index in [4.69, 9.17) is 5.73 Å². The molecule has 1 aromatic rings. The van der Waals surface area contributed by atoms with Crippen LogP contribution in [0.1, 0.15) is 36.9 Å². The van der Waals surface area contributed by atoms with Crippen molar-refractivity contribution in [2.24, 2.45) is 11.7 Å². The van der Waals surface area contributed by atoms with E-state index in [1.165, 1.54) is 0 Å². The summed E-state index contributed by atoms with van der Waals surface area (Å²) in [6.45, 7) is 2.50. The first-order valence-electron chi connectivity index (χ1n) is 6.89. The third-order valence-corrected chi connectivity index (χ3v) is 3.79. The number of benzene rings is 1. The zero-order valence-electron chi connectivity index (χ0n) is 11.3. The number of aliphatic hydroxyl groups is 1. The molecule has 4 N–H and O–H groups in total. The van der Waals surface area contributed by atoms with E-state index in [0.29, 0.717) is 13.0 Å². The summed E-state index contributed by atoms with van der Waals surface area (Å²) in [4.78, 5) is 12.1. The van der Waals surface area contributed by atoms with Gasteiger partial charge in [-0.3, -0.25) is 4.79 Å². The van der Waals surface area contributed by atoms with Crippen molar-refractivity contribution >= 4 is 5.91 Å². The van der Waals surface area contributed by atoms with Gasteiger partial charge in [0.05, 0.1) is 12.1 Å². The standard InChI is InChI=1S/C15H22N2O2/c1-10(5-4-8-16)15(19)17-14-12-7-3-2-6-11(12)9-13(14)18/h2-3,6-7,10,13-14,18H,4-5,8-9,16H2,1H3,(H,17,19)/t10?,13-,14+/m1/s1. The topological polar surface area (TPSA) is 75.4 Å². The van der Waals surface area contributed by atoms with Gasteiger partial charge in [0, 0.05) is 12.3 Å². The highest BCUT2D eigenvalue weighted by Gasteiger charge is 2.32. The van der Waals surface area contributed by atoms with Crippen LogP contribution in [-0.4, -0.2) is 23.7 Å². The van der Waals surface area contributed by atoms with E-state index >= 15 is 0 Å². The Bertz CT molecular complexity index is 448. The van der Waals surface area contributed by atoms with E-state index in [0.717, 1.165) is 24.0 Å². The normalized spacial score (nSPS) is 22.9. The van der Waals surface area contributed by atoms with Crippen molar-refractivity contribution in [3.63, 3.8) is 0 Å². The molecule has 0 spiro atoms. The quantitative estimate of drug-likeness (QED) is 0.744. The number of fused-ring (bicyclic) bond motifs is 1. The van der Waals surface area contributed by atoms with Gasteiger partial charge in [-0.2, -0.15) is 0 Å². The summed E-state index contributed by atoms with van der Waals surface area (Å²) in [5.74, 6) is -0.0716. The number of carbonyl (C=O) groups is 1. The molecule has 1 aromatic carbocycles. The molecule has 4 nitrogen and oxygen atoms in total. The predicted molar refractivity (Wildman–Crippen MR) is 74.5 cm³/mol. The molecule has 2 rings (SSSR count). The second-order valence-electron chi connectivity index (χ2n) is 5.29. The number of carbonyl (C=O) groups excluding carboxylic acids is 1. The van der Waals surface area contributed by atoms with E-state index in [1.54, 1.807) is 0 Å². The predicted octanol–water partition coefficient (Wildman–Crippen LogP) is 1.14. The number of amides is 1. The smallest absolute Gasteiger partial charge is 0.223 e. The van der Waals surface area contributed by atoms with Gasteiger partial charge in [0.15, 0.2) is 0 Å². The van der Waals surface area contributed by atoms with Gasteiger partial charge >= 0.3 is 0 Å². The van der Waals surface area contributed by atoms with E-state index in [1.807, 2.05) is 31.2 Å². The fourth-order valence-electron chi connectivity index (χ4n) is 2.60. The van der Waals surface area contributed by atoms with Crippen molar-refractivity contribution < 1.29 is 9.90 Å². The summed E-state index contributed by atoms with van der Waals surface area (Å²) in [5, 5.41) is 13.0. The molecule has 0 bridgehead atoms. The molecule has 19 heavy (non-hydrogen) atoms. The van der Waals surface area contributed by atoms with Crippen LogP contribution in [0.2, 0.25) is 0 Å². The lowest BCUT2D eigenvalue weighted by Crippen LogP contribution is -2.37. The molecule has 1 aliphatic rings. The van der Waals surface area contributed by atoms with Crippen LogP contribution in [-0.2, 0) is 11.2 Å². The van der Waals surface area contributed by atoms with Crippen LogP contribution >= 0.6 is 0 Å². The van der Waals surface area contributed by atoms with Gasteiger partial charge in [0.1, 0.15) is 0 Å². The van der Waals surface area contributed by atoms with Crippen LogP contribution < -0.4 is 11.1 Å². The number of rotatable bonds is 5. The zero-order valence-corrected chi connectivity index (χ0v) is 11.3. The Hall–Kier alpha value is -1.39. The summed E-state index contributed by atoms with van der Waals surface area (Å²) in [7, 11) is 0. The molecule has 0 heterocycles. The van der Waals surface area contributed by atoms with Gasteiger partial charge in [-0.1, -0.05) is 31.2 Å². The molecule has 3 atom stereocenters. The van der Waals surface area contributed by atoms with Gasteiger partial charge in [-0.15, -0.1) is 0 Å². The van der Waals surface area contributed by atoms with Crippen molar-refractivity contribution in [2.75, 3.05) is 6.54 Å². The summed E-state index contributed by atoms with van der Waals surface area (Å²) in [6, 6.07) is 7.60. The Morgan fingerprint density at radius 1 is 1.53 bits per heavy atom. The van der Waals surface area contributed by atoms with Crippen molar-refractivity contribution in [1.82, 2.24) is 5.32 Å². The minimum absolute atomic E-state index is 0.00537. The van der Waals surface area contributed by atoms with Gasteiger partial charge in [0.2, 0.25) is 5.91 Å². The molecule has 0 radical (unpaired) electrons. The van der Waals surface area contributed by atoms with Gasteiger partial charge < -0.3 is 16.2 Å². The van der Waals surface area contributed by atoms with Crippen LogP contribution in [0.15, 0.2) is 24.3 Å². The summed E-state index contributed by atoms with van der Waals surface area (Å²) >= 11 is 0. The molecule has 4 heteroatoms. The monoisotopic (exact) mass is 262 g/mol. The van der Waals surface area contributed by atoms with Crippen LogP contribution in [0.4, 0.5) is 0 Å². The number of nitrogens with one attached hydrogen (secondary N) is 1. The van der Waals surface area contributed by atoms with Gasteiger partial charge in [-0.25, -0.2) is 0 Å². The fraction of sp³-hybridized carbons (Fsp3) is 0.533. The largest absolute Gasteiger partial charge is 0.390 e. The maximum Gasteiger partial charge on any atom is 0.223 e. The molecule has 0 saturated heterocycles. The molecule has 0 aliphatic heterocycles. The van der Waals surface area contributed by atoms with E-state index in [2.05, 4.69) is 5.32 Å². The highest BCUT2D eigenvalue weighted by atomic mass is 16.3. The molecule has 1 amide bonds. The summed E-state index contributed by atoms with van der Waals surface area (Å²) in [6.07, 6.45) is 1.71. The molecular weight excluding hydrogens is 240 g/mol. The molecular formula is C15H22N2O2. The van der Waals surface area contributed by atoms with Crippen LogP contribution in [0.3, 0.4) is 0 Å². The lowest BCUT2D eigenvalue weighted by molar-refractivity contribution is -0.126. The average molecular weight is 262 g/mol. The van der Waals surface area contributed by atoms with Gasteiger partial charge in [0.25, 0.3) is 0 Å². The lowest BCUT2D eigenvalue weighted by Gasteiger charge is -2.20. The highest BCUT2D eigenvalue weighted by Crippen LogP contribution is 2.31. The zero-order chi connectivity index (χ0) is 13.8. The molecule has 104 valence electrons. The first-order chi connectivity index (χ1) is 9.13. The second-order valence-corrected chi connectivity index (χ2v) is 5.29. The maximum absolute atomic E-state index is 12.1. The van der Waals surface area contributed by atoms with Crippen LogP contribution in [0, 0.1) is 5.92 Å². The molecule has 0 fully saturated rings. The molecule has 1 aliphatic carbocycles. The fourth-order valence-corrected chi connectivity index (χ4v) is 2.60. The van der Waals surface area contributed by atoms with Crippen LogP contribution in [0.25, 0.3) is 0 Å². The second kappa shape index (κ2) is 6.17. The lowest BCUT2D eigenvalue weighted by atomic mass is 10.0. The Balaban J connectivity index is 2.01. The number of nitrogens with two attached hydrogens (primary N) is 1. The van der Waals surface area contributed by atoms with E-state index in [-0.39, 0.29) is 17.9 Å². The minimum Gasteiger partial charge on any atom is -0.390 e. The molecule has 0 aromatic heterocycles. The van der Waals surface area contributed by atoms with Crippen molar-refractivity contribution in [2.45, 2.75) is 38.3 Å². The maximum atomic E-state index is 12.1. The summed E-state index contributed by atoms with van der Waals surface area (Å²) in [5.41, 5.74) is 7.61. The van der Waals surface area contributed by atoms with E-state index in [9.17, 15) is 9.90 Å². The van der Waals surface area contributed by atoms with E-state index < -0.39 is 6.10 Å². The molecule has 1 unspecified atom stereocenters. The minimum atomic E-state index is -0.525. The Morgan fingerprint density at radius 3 is 3.00 bits per heavy atom. The Labute approximate surface area is 114 Å². The summed E-state index contributed by atoms with van der Waals surface area (Å²) < 4.78 is 0. The van der Waals surface area contributed by atoms with Crippen molar-refractivity contribution in [3.05, 3.63) is 35.4 Å². The average Bonchev–Trinajstić information content (AvgIpc) is 2.72. The third kappa shape index (κ3) is 3.14. The number of hydrogen-bond donors (Lipinski definition) is 3. The Kier molecular flexibility index (Phi) is 4.56. The van der Waals surface area contributed by atoms with Crippen LogP contribution in [0.5, 0.6) is 0 Å². The Morgan fingerprint density at radius 2 is 2.26 bits per heavy atom. The number of aliphatic hydroxyl groups excluding tert-OH is 1. The highest BCUT2D eigenvalue weighted by molar-refractivity contribution is 5.79.